The molecule has 1 aromatic heterocycles. The molecule has 1 fully saturated rings. The van der Waals surface area contributed by atoms with Crippen LogP contribution in [0, 0.1) is 9.49 Å². The maximum absolute atomic E-state index is 12.5. The normalized spacial score (nSPS) is 20.5. The first kappa shape index (κ1) is 17.2. The van der Waals surface area contributed by atoms with E-state index in [2.05, 4.69) is 38.3 Å². The minimum atomic E-state index is -0.0629. The molecule has 0 saturated carbocycles. The van der Waals surface area contributed by atoms with E-state index in [9.17, 15) is 4.79 Å². The van der Waals surface area contributed by atoms with Crippen molar-refractivity contribution in [3.05, 3.63) is 45.8 Å². The van der Waals surface area contributed by atoms with E-state index in [0.717, 1.165) is 21.4 Å². The van der Waals surface area contributed by atoms with Crippen LogP contribution in [0.5, 0.6) is 0 Å². The summed E-state index contributed by atoms with van der Waals surface area (Å²) in [4.78, 5) is 12.5. The highest BCUT2D eigenvalue weighted by Gasteiger charge is 2.34. The molecule has 0 aliphatic carbocycles. The van der Waals surface area contributed by atoms with Crippen molar-refractivity contribution in [2.75, 3.05) is 18.4 Å². The Morgan fingerprint density at radius 2 is 2.27 bits per heavy atom. The zero-order valence-electron chi connectivity index (χ0n) is 12.1. The molecule has 3 rings (SSSR count). The van der Waals surface area contributed by atoms with Crippen molar-refractivity contribution < 1.29 is 4.79 Å². The van der Waals surface area contributed by atoms with Crippen molar-refractivity contribution in [1.29, 1.82) is 0 Å². The summed E-state index contributed by atoms with van der Waals surface area (Å²) in [5.41, 5.74) is 1.97. The Morgan fingerprint density at radius 3 is 2.95 bits per heavy atom. The number of aryl methyl sites for hydroxylation is 1. The van der Waals surface area contributed by atoms with E-state index in [4.69, 9.17) is 0 Å². The van der Waals surface area contributed by atoms with E-state index >= 15 is 0 Å². The van der Waals surface area contributed by atoms with Crippen molar-refractivity contribution in [1.82, 2.24) is 15.1 Å². The van der Waals surface area contributed by atoms with Crippen LogP contribution in [0.25, 0.3) is 0 Å². The standard InChI is InChI=1S/C15H17IN4O.ClH/c1-20-9-10(6-18-20)13-7-17-8-14(13)15(21)19-12-4-2-3-11(16)5-12;/h2-6,9,13-14,17H,7-8H2,1H3,(H,19,21);1H/t13-,14+;/m1./s1. The van der Waals surface area contributed by atoms with Crippen LogP contribution in [0.15, 0.2) is 36.7 Å². The molecule has 1 saturated heterocycles. The summed E-state index contributed by atoms with van der Waals surface area (Å²) in [5, 5.41) is 10.5. The number of amides is 1. The van der Waals surface area contributed by atoms with Gasteiger partial charge < -0.3 is 10.6 Å². The lowest BCUT2D eigenvalue weighted by molar-refractivity contribution is -0.119. The van der Waals surface area contributed by atoms with Crippen LogP contribution < -0.4 is 10.6 Å². The first-order valence-electron chi connectivity index (χ1n) is 6.89. The van der Waals surface area contributed by atoms with Crippen molar-refractivity contribution in [3.8, 4) is 0 Å². The van der Waals surface area contributed by atoms with Crippen molar-refractivity contribution in [3.63, 3.8) is 0 Å². The van der Waals surface area contributed by atoms with Crippen LogP contribution in [-0.2, 0) is 11.8 Å². The molecule has 1 amide bonds. The molecular weight excluding hydrogens is 415 g/mol. The van der Waals surface area contributed by atoms with Crippen molar-refractivity contribution >= 4 is 46.6 Å². The number of hydrogen-bond donors (Lipinski definition) is 2. The average molecular weight is 433 g/mol. The highest BCUT2D eigenvalue weighted by Crippen LogP contribution is 2.29. The van der Waals surface area contributed by atoms with Gasteiger partial charge in [0.2, 0.25) is 5.91 Å². The number of hydrogen-bond acceptors (Lipinski definition) is 3. The molecule has 1 aromatic carbocycles. The van der Waals surface area contributed by atoms with Gasteiger partial charge in [-0.15, -0.1) is 12.4 Å². The summed E-state index contributed by atoms with van der Waals surface area (Å²) in [6, 6.07) is 7.84. The van der Waals surface area contributed by atoms with E-state index in [1.54, 1.807) is 4.68 Å². The fourth-order valence-corrected chi connectivity index (χ4v) is 3.28. The maximum atomic E-state index is 12.5. The number of benzene rings is 1. The fraction of sp³-hybridized carbons (Fsp3) is 0.333. The van der Waals surface area contributed by atoms with Gasteiger partial charge >= 0.3 is 0 Å². The lowest BCUT2D eigenvalue weighted by atomic mass is 9.90. The number of carbonyl (C=O) groups excluding carboxylic acids is 1. The molecule has 1 aliphatic rings. The van der Waals surface area contributed by atoms with E-state index in [-0.39, 0.29) is 30.2 Å². The van der Waals surface area contributed by atoms with Crippen LogP contribution in [-0.4, -0.2) is 28.8 Å². The summed E-state index contributed by atoms with van der Waals surface area (Å²) in [7, 11) is 1.90. The van der Waals surface area contributed by atoms with Crippen molar-refractivity contribution in [2.24, 2.45) is 13.0 Å². The summed E-state index contributed by atoms with van der Waals surface area (Å²) in [5.74, 6) is 0.185. The molecule has 22 heavy (non-hydrogen) atoms. The molecule has 2 aromatic rings. The van der Waals surface area contributed by atoms with Crippen LogP contribution in [0.3, 0.4) is 0 Å². The van der Waals surface area contributed by atoms with Gasteiger partial charge in [-0.25, -0.2) is 0 Å². The Bertz CT molecular complexity index is 660. The summed E-state index contributed by atoms with van der Waals surface area (Å²) in [6.45, 7) is 1.52. The molecular formula is C15H18ClIN4O. The molecule has 2 heterocycles. The zero-order chi connectivity index (χ0) is 14.8. The average Bonchev–Trinajstić information content (AvgIpc) is 3.06. The SMILES string of the molecule is Cl.Cn1cc([C@H]2CNC[C@@H]2C(=O)Nc2cccc(I)c2)cn1. The third kappa shape index (κ3) is 3.80. The third-order valence-electron chi connectivity index (χ3n) is 3.80. The molecule has 2 atom stereocenters. The van der Waals surface area contributed by atoms with Gasteiger partial charge in [-0.3, -0.25) is 9.48 Å². The molecule has 0 unspecified atom stereocenters. The second-order valence-corrected chi connectivity index (χ2v) is 6.56. The van der Waals surface area contributed by atoms with Gasteiger partial charge in [0, 0.05) is 41.5 Å². The monoisotopic (exact) mass is 432 g/mol. The van der Waals surface area contributed by atoms with E-state index in [1.165, 1.54) is 0 Å². The first-order valence-corrected chi connectivity index (χ1v) is 7.97. The summed E-state index contributed by atoms with van der Waals surface area (Å²) >= 11 is 2.24. The Morgan fingerprint density at radius 1 is 1.45 bits per heavy atom. The number of aromatic nitrogens is 2. The smallest absolute Gasteiger partial charge is 0.229 e. The number of nitrogens with one attached hydrogen (secondary N) is 2. The summed E-state index contributed by atoms with van der Waals surface area (Å²) in [6.07, 6.45) is 3.84. The van der Waals surface area contributed by atoms with Crippen LogP contribution in [0.1, 0.15) is 11.5 Å². The number of nitrogens with zero attached hydrogens (tertiary/aromatic N) is 2. The van der Waals surface area contributed by atoms with Crippen LogP contribution in [0.4, 0.5) is 5.69 Å². The molecule has 0 spiro atoms. The molecule has 7 heteroatoms. The quantitative estimate of drug-likeness (QED) is 0.732. The molecule has 1 aliphatic heterocycles. The van der Waals surface area contributed by atoms with Gasteiger partial charge in [-0.2, -0.15) is 5.10 Å². The fourth-order valence-electron chi connectivity index (χ4n) is 2.74. The van der Waals surface area contributed by atoms with Gasteiger partial charge in [-0.1, -0.05) is 6.07 Å². The van der Waals surface area contributed by atoms with E-state index < -0.39 is 0 Å². The number of rotatable bonds is 3. The second kappa shape index (κ2) is 7.43. The minimum absolute atomic E-state index is 0. The Hall–Kier alpha value is -1.12. The predicted octanol–water partition coefficient (Wildman–Crippen LogP) is 2.39. The number of halogens is 2. The van der Waals surface area contributed by atoms with E-state index in [0.29, 0.717) is 6.54 Å². The highest BCUT2D eigenvalue weighted by atomic mass is 127. The number of anilines is 1. The largest absolute Gasteiger partial charge is 0.326 e. The van der Waals surface area contributed by atoms with Crippen molar-refractivity contribution in [2.45, 2.75) is 5.92 Å². The predicted molar refractivity (Wildman–Crippen MR) is 97.3 cm³/mol. The third-order valence-corrected chi connectivity index (χ3v) is 4.47. The first-order chi connectivity index (χ1) is 10.1. The lowest BCUT2D eigenvalue weighted by Gasteiger charge is -2.17. The second-order valence-electron chi connectivity index (χ2n) is 5.32. The molecule has 0 radical (unpaired) electrons. The highest BCUT2D eigenvalue weighted by molar-refractivity contribution is 14.1. The van der Waals surface area contributed by atoms with Gasteiger partial charge in [0.25, 0.3) is 0 Å². The Kier molecular flexibility index (Phi) is 5.82. The molecule has 0 bridgehead atoms. The Labute approximate surface area is 149 Å². The van der Waals surface area contributed by atoms with Gasteiger partial charge in [0.15, 0.2) is 0 Å². The van der Waals surface area contributed by atoms with Crippen LogP contribution in [0.2, 0.25) is 0 Å². The van der Waals surface area contributed by atoms with Crippen LogP contribution >= 0.6 is 35.0 Å². The van der Waals surface area contributed by atoms with Gasteiger partial charge in [0.1, 0.15) is 0 Å². The molecule has 118 valence electrons. The minimum Gasteiger partial charge on any atom is -0.326 e. The lowest BCUT2D eigenvalue weighted by Crippen LogP contribution is -2.28. The van der Waals surface area contributed by atoms with E-state index in [1.807, 2.05) is 43.7 Å². The van der Waals surface area contributed by atoms with Gasteiger partial charge in [0.05, 0.1) is 12.1 Å². The topological polar surface area (TPSA) is 59.0 Å². The van der Waals surface area contributed by atoms with Gasteiger partial charge in [-0.05, 0) is 46.4 Å². The molecule has 2 N–H and O–H groups in total. The Balaban J connectivity index is 0.00000176. The zero-order valence-corrected chi connectivity index (χ0v) is 15.1. The maximum Gasteiger partial charge on any atom is 0.229 e. The molecule has 5 nitrogen and oxygen atoms in total. The number of carbonyl (C=O) groups is 1. The summed E-state index contributed by atoms with van der Waals surface area (Å²) < 4.78 is 2.89.